The van der Waals surface area contributed by atoms with Crippen molar-refractivity contribution in [2.45, 2.75) is 13.0 Å². The highest BCUT2D eigenvalue weighted by atomic mass is 16.6. The Bertz CT molecular complexity index is 1030. The smallest absolute Gasteiger partial charge is 0.273 e. The zero-order valence-corrected chi connectivity index (χ0v) is 14.9. The van der Waals surface area contributed by atoms with E-state index in [1.165, 1.54) is 18.3 Å². The number of nitro groups is 1. The van der Waals surface area contributed by atoms with E-state index >= 15 is 0 Å². The van der Waals surface area contributed by atoms with E-state index < -0.39 is 16.9 Å². The van der Waals surface area contributed by atoms with E-state index in [0.717, 1.165) is 0 Å². The second-order valence-corrected chi connectivity index (χ2v) is 6.01. The maximum absolute atomic E-state index is 11.9. The molecule has 0 aliphatic rings. The molecule has 1 heterocycles. The van der Waals surface area contributed by atoms with Crippen LogP contribution in [0.25, 0.3) is 11.3 Å². The highest BCUT2D eigenvalue weighted by Crippen LogP contribution is 2.28. The molecule has 0 bridgehead atoms. The van der Waals surface area contributed by atoms with Crippen LogP contribution in [0.3, 0.4) is 0 Å². The van der Waals surface area contributed by atoms with Gasteiger partial charge in [0.2, 0.25) is 0 Å². The van der Waals surface area contributed by atoms with Gasteiger partial charge in [0.05, 0.1) is 11.1 Å². The molecule has 0 radical (unpaired) electrons. The molecule has 0 fully saturated rings. The Morgan fingerprint density at radius 3 is 2.64 bits per heavy atom. The molecule has 142 valence electrons. The summed E-state index contributed by atoms with van der Waals surface area (Å²) in [6, 6.07) is 16.4. The number of carbonyl (C=O) groups is 1. The van der Waals surface area contributed by atoms with Crippen molar-refractivity contribution in [3.05, 3.63) is 87.7 Å². The van der Waals surface area contributed by atoms with Gasteiger partial charge in [-0.3, -0.25) is 14.9 Å². The van der Waals surface area contributed by atoms with Crippen LogP contribution in [0.1, 0.15) is 23.0 Å². The van der Waals surface area contributed by atoms with E-state index in [2.05, 4.69) is 10.5 Å². The fourth-order valence-corrected chi connectivity index (χ4v) is 2.61. The number of hydrazone groups is 1. The van der Waals surface area contributed by atoms with Gasteiger partial charge in [0.1, 0.15) is 11.5 Å². The molecule has 0 saturated carbocycles. The minimum atomic E-state index is -1.33. The highest BCUT2D eigenvalue weighted by molar-refractivity contribution is 5.84. The third-order valence-corrected chi connectivity index (χ3v) is 4.04. The summed E-state index contributed by atoms with van der Waals surface area (Å²) in [5, 5.41) is 24.6. The molecule has 1 amide bonds. The Kier molecular flexibility index (Phi) is 5.61. The molecule has 0 aliphatic carbocycles. The number of carbonyl (C=O) groups excluding carboxylic acids is 1. The zero-order chi connectivity index (χ0) is 20.1. The Hall–Kier alpha value is -3.78. The van der Waals surface area contributed by atoms with Crippen LogP contribution in [-0.2, 0) is 4.79 Å². The van der Waals surface area contributed by atoms with Gasteiger partial charge in [-0.1, -0.05) is 30.3 Å². The molecule has 8 nitrogen and oxygen atoms in total. The van der Waals surface area contributed by atoms with E-state index in [1.807, 2.05) is 0 Å². The van der Waals surface area contributed by atoms with Gasteiger partial charge < -0.3 is 9.52 Å². The van der Waals surface area contributed by atoms with Gasteiger partial charge in [-0.25, -0.2) is 5.43 Å². The summed E-state index contributed by atoms with van der Waals surface area (Å²) in [7, 11) is 0. The molecule has 0 aliphatic heterocycles. The Balaban J connectivity index is 1.66. The van der Waals surface area contributed by atoms with Crippen LogP contribution < -0.4 is 5.43 Å². The van der Waals surface area contributed by atoms with Crippen LogP contribution in [0.4, 0.5) is 5.69 Å². The van der Waals surface area contributed by atoms with Gasteiger partial charge in [0, 0.05) is 17.7 Å². The van der Waals surface area contributed by atoms with Crippen molar-refractivity contribution in [2.75, 3.05) is 0 Å². The van der Waals surface area contributed by atoms with Gasteiger partial charge in [0.15, 0.2) is 6.10 Å². The normalized spacial score (nSPS) is 12.1. The van der Waals surface area contributed by atoms with Gasteiger partial charge in [0.25, 0.3) is 11.6 Å². The predicted molar refractivity (Wildman–Crippen MR) is 103 cm³/mol. The molecule has 2 aromatic carbocycles. The van der Waals surface area contributed by atoms with Crippen molar-refractivity contribution >= 4 is 17.8 Å². The molecule has 1 unspecified atom stereocenters. The molecule has 1 atom stereocenters. The van der Waals surface area contributed by atoms with Crippen LogP contribution >= 0.6 is 0 Å². The summed E-state index contributed by atoms with van der Waals surface area (Å²) in [6.07, 6.45) is -0.0203. The molecule has 3 rings (SSSR count). The lowest BCUT2D eigenvalue weighted by Gasteiger charge is -2.08. The lowest BCUT2D eigenvalue weighted by atomic mass is 10.1. The van der Waals surface area contributed by atoms with Crippen LogP contribution in [0.2, 0.25) is 0 Å². The van der Waals surface area contributed by atoms with Crippen molar-refractivity contribution in [1.29, 1.82) is 0 Å². The first-order valence-electron chi connectivity index (χ1n) is 8.37. The third kappa shape index (κ3) is 4.30. The van der Waals surface area contributed by atoms with Crippen molar-refractivity contribution in [3.63, 3.8) is 0 Å². The molecular formula is C20H17N3O5. The van der Waals surface area contributed by atoms with Crippen LogP contribution in [0.15, 0.2) is 70.2 Å². The molecular weight excluding hydrogens is 362 g/mol. The second-order valence-electron chi connectivity index (χ2n) is 6.01. The number of nitro benzene ring substituents is 1. The fourth-order valence-electron chi connectivity index (χ4n) is 2.61. The zero-order valence-electron chi connectivity index (χ0n) is 14.9. The Labute approximate surface area is 160 Å². The maximum Gasteiger partial charge on any atom is 0.273 e. The summed E-state index contributed by atoms with van der Waals surface area (Å²) in [5.41, 5.74) is 4.14. The number of benzene rings is 2. The summed E-state index contributed by atoms with van der Waals surface area (Å²) in [5.74, 6) is 0.229. The summed E-state index contributed by atoms with van der Waals surface area (Å²) in [6.45, 7) is 1.75. The summed E-state index contributed by atoms with van der Waals surface area (Å²) >= 11 is 0. The number of aliphatic hydroxyl groups excluding tert-OH is 1. The minimum Gasteiger partial charge on any atom is -0.455 e. The van der Waals surface area contributed by atoms with Crippen molar-refractivity contribution in [1.82, 2.24) is 5.43 Å². The third-order valence-electron chi connectivity index (χ3n) is 4.04. The van der Waals surface area contributed by atoms with Crippen molar-refractivity contribution in [3.8, 4) is 11.3 Å². The molecule has 0 spiro atoms. The van der Waals surface area contributed by atoms with E-state index in [1.54, 1.807) is 55.5 Å². The number of non-ortho nitro benzene ring substituents is 1. The number of furan rings is 1. The fraction of sp³-hybridized carbons (Fsp3) is 0.100. The maximum atomic E-state index is 11.9. The number of amides is 1. The summed E-state index contributed by atoms with van der Waals surface area (Å²) in [4.78, 5) is 22.3. The first-order valence-corrected chi connectivity index (χ1v) is 8.37. The predicted octanol–water partition coefficient (Wildman–Crippen LogP) is 3.35. The van der Waals surface area contributed by atoms with E-state index in [-0.39, 0.29) is 5.69 Å². The highest BCUT2D eigenvalue weighted by Gasteiger charge is 2.16. The molecule has 8 heteroatoms. The molecule has 28 heavy (non-hydrogen) atoms. The minimum absolute atomic E-state index is 0.00859. The monoisotopic (exact) mass is 379 g/mol. The van der Waals surface area contributed by atoms with E-state index in [9.17, 15) is 20.0 Å². The van der Waals surface area contributed by atoms with Gasteiger partial charge in [-0.05, 0) is 36.2 Å². The number of nitrogens with one attached hydrogen (secondary N) is 1. The van der Waals surface area contributed by atoms with Crippen molar-refractivity contribution < 1.29 is 19.2 Å². The number of nitrogens with zero attached hydrogens (tertiary/aromatic N) is 2. The van der Waals surface area contributed by atoms with Gasteiger partial charge >= 0.3 is 0 Å². The lowest BCUT2D eigenvalue weighted by molar-refractivity contribution is -0.384. The number of hydrogen-bond acceptors (Lipinski definition) is 6. The van der Waals surface area contributed by atoms with Crippen LogP contribution in [0, 0.1) is 17.0 Å². The Morgan fingerprint density at radius 1 is 1.21 bits per heavy atom. The molecule has 0 saturated heterocycles. The molecule has 1 aromatic heterocycles. The van der Waals surface area contributed by atoms with Crippen molar-refractivity contribution in [2.24, 2.45) is 5.10 Å². The molecule has 3 aromatic rings. The van der Waals surface area contributed by atoms with E-state index in [0.29, 0.717) is 28.2 Å². The Morgan fingerprint density at radius 2 is 1.96 bits per heavy atom. The number of aryl methyl sites for hydroxylation is 1. The quantitative estimate of drug-likeness (QED) is 0.387. The van der Waals surface area contributed by atoms with E-state index in [4.69, 9.17) is 4.42 Å². The average molecular weight is 379 g/mol. The SMILES string of the molecule is Cc1cc([N+](=O)[O-])ccc1-c1ccc(C=NNC(=O)C(O)c2ccccc2)o1. The second kappa shape index (κ2) is 8.28. The number of hydrogen-bond donors (Lipinski definition) is 2. The summed E-state index contributed by atoms with van der Waals surface area (Å²) < 4.78 is 5.64. The number of aliphatic hydroxyl groups is 1. The largest absolute Gasteiger partial charge is 0.455 e. The van der Waals surface area contributed by atoms with Crippen LogP contribution in [-0.4, -0.2) is 22.2 Å². The van der Waals surface area contributed by atoms with Gasteiger partial charge in [-0.15, -0.1) is 0 Å². The lowest BCUT2D eigenvalue weighted by Crippen LogP contribution is -2.25. The topological polar surface area (TPSA) is 118 Å². The average Bonchev–Trinajstić information content (AvgIpc) is 3.16. The van der Waals surface area contributed by atoms with Gasteiger partial charge in [-0.2, -0.15) is 5.10 Å². The number of rotatable bonds is 6. The first-order chi connectivity index (χ1) is 13.5. The molecule has 2 N–H and O–H groups in total. The standard InChI is InChI=1S/C20H17N3O5/c1-13-11-15(23(26)27)7-9-17(13)18-10-8-16(28-18)12-21-22-20(25)19(24)14-5-3-2-4-6-14/h2-12,19,24H,1H3,(H,22,25). The first kappa shape index (κ1) is 19.0. The van der Waals surface area contributed by atoms with Crippen LogP contribution in [0.5, 0.6) is 0 Å².